The SMILES string of the molecule is CCNC(=O)C(C)Oc1cc(N)ccc1C(=O)OC. The van der Waals surface area contributed by atoms with Crippen molar-refractivity contribution >= 4 is 17.6 Å². The molecule has 6 nitrogen and oxygen atoms in total. The average Bonchev–Trinajstić information content (AvgIpc) is 2.38. The minimum absolute atomic E-state index is 0.227. The summed E-state index contributed by atoms with van der Waals surface area (Å²) >= 11 is 0. The van der Waals surface area contributed by atoms with Gasteiger partial charge in [-0.25, -0.2) is 4.79 Å². The maximum atomic E-state index is 11.6. The normalized spacial score (nSPS) is 11.5. The zero-order chi connectivity index (χ0) is 14.4. The van der Waals surface area contributed by atoms with E-state index in [-0.39, 0.29) is 17.2 Å². The van der Waals surface area contributed by atoms with Crippen molar-refractivity contribution in [1.82, 2.24) is 5.32 Å². The van der Waals surface area contributed by atoms with Crippen LogP contribution in [0.4, 0.5) is 5.69 Å². The molecule has 6 heteroatoms. The molecule has 0 saturated carbocycles. The van der Waals surface area contributed by atoms with Gasteiger partial charge in [-0.1, -0.05) is 0 Å². The minimum Gasteiger partial charge on any atom is -0.480 e. The second kappa shape index (κ2) is 6.63. The molecule has 0 spiro atoms. The van der Waals surface area contributed by atoms with Crippen LogP contribution >= 0.6 is 0 Å². The first-order valence-corrected chi connectivity index (χ1v) is 5.91. The first kappa shape index (κ1) is 14.8. The first-order valence-electron chi connectivity index (χ1n) is 5.91. The summed E-state index contributed by atoms with van der Waals surface area (Å²) in [4.78, 5) is 23.2. The van der Waals surface area contributed by atoms with Crippen LogP contribution in [0.15, 0.2) is 18.2 Å². The lowest BCUT2D eigenvalue weighted by atomic mass is 10.2. The van der Waals surface area contributed by atoms with Crippen LogP contribution in [-0.4, -0.2) is 31.6 Å². The van der Waals surface area contributed by atoms with E-state index in [9.17, 15) is 9.59 Å². The summed E-state index contributed by atoms with van der Waals surface area (Å²) in [5.41, 5.74) is 6.31. The lowest BCUT2D eigenvalue weighted by Crippen LogP contribution is -2.36. The lowest BCUT2D eigenvalue weighted by Gasteiger charge is -2.16. The van der Waals surface area contributed by atoms with Crippen molar-refractivity contribution in [3.8, 4) is 5.75 Å². The number of rotatable bonds is 5. The van der Waals surface area contributed by atoms with E-state index in [2.05, 4.69) is 10.1 Å². The third-order valence-electron chi connectivity index (χ3n) is 2.43. The van der Waals surface area contributed by atoms with Crippen LogP contribution in [0.3, 0.4) is 0 Å². The summed E-state index contributed by atoms with van der Waals surface area (Å²) in [6, 6.07) is 4.55. The molecule has 3 N–H and O–H groups in total. The van der Waals surface area contributed by atoms with Crippen molar-refractivity contribution in [2.24, 2.45) is 0 Å². The fraction of sp³-hybridized carbons (Fsp3) is 0.385. The molecule has 0 aliphatic heterocycles. The molecule has 1 aromatic rings. The Bertz CT molecular complexity index is 474. The van der Waals surface area contributed by atoms with E-state index >= 15 is 0 Å². The molecular formula is C13H18N2O4. The number of carbonyl (C=O) groups is 2. The first-order chi connectivity index (χ1) is 8.99. The number of nitrogen functional groups attached to an aromatic ring is 1. The van der Waals surface area contributed by atoms with Crippen LogP contribution in [-0.2, 0) is 9.53 Å². The van der Waals surface area contributed by atoms with Gasteiger partial charge in [0.25, 0.3) is 5.91 Å². The number of hydrogen-bond acceptors (Lipinski definition) is 5. The van der Waals surface area contributed by atoms with Gasteiger partial charge < -0.3 is 20.5 Å². The number of carbonyl (C=O) groups excluding carboxylic acids is 2. The molecule has 0 bridgehead atoms. The number of anilines is 1. The van der Waals surface area contributed by atoms with Gasteiger partial charge in [-0.3, -0.25) is 4.79 Å². The second-order valence-electron chi connectivity index (χ2n) is 3.90. The zero-order valence-electron chi connectivity index (χ0n) is 11.2. The molecular weight excluding hydrogens is 248 g/mol. The Hall–Kier alpha value is -2.24. The quantitative estimate of drug-likeness (QED) is 0.612. The minimum atomic E-state index is -0.731. The summed E-state index contributed by atoms with van der Waals surface area (Å²) in [6.45, 7) is 3.91. The largest absolute Gasteiger partial charge is 0.480 e. The standard InChI is InChI=1S/C13H18N2O4/c1-4-15-12(16)8(2)19-11-7-9(14)5-6-10(11)13(17)18-3/h5-8H,4,14H2,1-3H3,(H,15,16). The van der Waals surface area contributed by atoms with Crippen LogP contribution < -0.4 is 15.8 Å². The van der Waals surface area contributed by atoms with Gasteiger partial charge in [0.1, 0.15) is 11.3 Å². The Morgan fingerprint density at radius 1 is 1.42 bits per heavy atom. The Kier molecular flexibility index (Phi) is 5.17. The number of methoxy groups -OCH3 is 1. The molecule has 0 saturated heterocycles. The van der Waals surface area contributed by atoms with Crippen molar-refractivity contribution in [1.29, 1.82) is 0 Å². The number of ether oxygens (including phenoxy) is 2. The predicted octanol–water partition coefficient (Wildman–Crippen LogP) is 0.959. The number of amides is 1. The number of benzene rings is 1. The highest BCUT2D eigenvalue weighted by Gasteiger charge is 2.19. The molecule has 1 amide bonds. The lowest BCUT2D eigenvalue weighted by molar-refractivity contribution is -0.127. The van der Waals surface area contributed by atoms with Gasteiger partial charge in [-0.15, -0.1) is 0 Å². The van der Waals surface area contributed by atoms with Crippen LogP contribution in [0, 0.1) is 0 Å². The molecule has 1 rings (SSSR count). The molecule has 104 valence electrons. The summed E-state index contributed by atoms with van der Waals surface area (Å²) in [6.07, 6.45) is -0.731. The third kappa shape index (κ3) is 3.87. The van der Waals surface area contributed by atoms with Crippen molar-refractivity contribution in [2.75, 3.05) is 19.4 Å². The Morgan fingerprint density at radius 3 is 2.68 bits per heavy atom. The predicted molar refractivity (Wildman–Crippen MR) is 71.0 cm³/mol. The molecule has 19 heavy (non-hydrogen) atoms. The molecule has 0 radical (unpaired) electrons. The van der Waals surface area contributed by atoms with Crippen LogP contribution in [0.1, 0.15) is 24.2 Å². The number of nitrogens with two attached hydrogens (primary N) is 1. The topological polar surface area (TPSA) is 90.6 Å². The van der Waals surface area contributed by atoms with Crippen molar-refractivity contribution in [3.63, 3.8) is 0 Å². The van der Waals surface area contributed by atoms with Crippen LogP contribution in [0.2, 0.25) is 0 Å². The van der Waals surface area contributed by atoms with Gasteiger partial charge in [0.15, 0.2) is 6.10 Å². The fourth-order valence-electron chi connectivity index (χ4n) is 1.48. The molecule has 1 aromatic carbocycles. The summed E-state index contributed by atoms with van der Waals surface area (Å²) in [5, 5.41) is 2.63. The fourth-order valence-corrected chi connectivity index (χ4v) is 1.48. The third-order valence-corrected chi connectivity index (χ3v) is 2.43. The highest BCUT2D eigenvalue weighted by atomic mass is 16.5. The van der Waals surface area contributed by atoms with Gasteiger partial charge in [-0.05, 0) is 26.0 Å². The van der Waals surface area contributed by atoms with Gasteiger partial charge in [0.05, 0.1) is 7.11 Å². The number of nitrogens with one attached hydrogen (secondary N) is 1. The molecule has 0 aliphatic rings. The maximum absolute atomic E-state index is 11.6. The van der Waals surface area contributed by atoms with Crippen molar-refractivity contribution in [3.05, 3.63) is 23.8 Å². The number of esters is 1. The molecule has 0 aliphatic carbocycles. The van der Waals surface area contributed by atoms with Crippen LogP contribution in [0.5, 0.6) is 5.75 Å². The second-order valence-corrected chi connectivity index (χ2v) is 3.90. The van der Waals surface area contributed by atoms with Crippen molar-refractivity contribution < 1.29 is 19.1 Å². The highest BCUT2D eigenvalue weighted by molar-refractivity contribution is 5.93. The summed E-state index contributed by atoms with van der Waals surface area (Å²) in [7, 11) is 1.27. The Labute approximate surface area is 111 Å². The average molecular weight is 266 g/mol. The maximum Gasteiger partial charge on any atom is 0.341 e. The van der Waals surface area contributed by atoms with Gasteiger partial charge in [0, 0.05) is 18.3 Å². The highest BCUT2D eigenvalue weighted by Crippen LogP contribution is 2.23. The summed E-state index contributed by atoms with van der Waals surface area (Å²) < 4.78 is 10.1. The Morgan fingerprint density at radius 2 is 2.11 bits per heavy atom. The summed E-state index contributed by atoms with van der Waals surface area (Å²) in [5.74, 6) is -0.579. The molecule has 0 fully saturated rings. The van der Waals surface area contributed by atoms with Crippen LogP contribution in [0.25, 0.3) is 0 Å². The van der Waals surface area contributed by atoms with E-state index in [1.54, 1.807) is 13.0 Å². The number of hydrogen-bond donors (Lipinski definition) is 2. The molecule has 1 atom stereocenters. The Balaban J connectivity index is 2.95. The van der Waals surface area contributed by atoms with E-state index in [1.807, 2.05) is 6.92 Å². The van der Waals surface area contributed by atoms with Gasteiger partial charge in [-0.2, -0.15) is 0 Å². The monoisotopic (exact) mass is 266 g/mol. The molecule has 0 aromatic heterocycles. The number of likely N-dealkylation sites (N-methyl/N-ethyl adjacent to an activating group) is 1. The van der Waals surface area contributed by atoms with Crippen molar-refractivity contribution in [2.45, 2.75) is 20.0 Å². The van der Waals surface area contributed by atoms with E-state index in [0.717, 1.165) is 0 Å². The van der Waals surface area contributed by atoms with Gasteiger partial charge in [0.2, 0.25) is 0 Å². The van der Waals surface area contributed by atoms with E-state index < -0.39 is 12.1 Å². The molecule has 0 heterocycles. The smallest absolute Gasteiger partial charge is 0.341 e. The van der Waals surface area contributed by atoms with E-state index in [0.29, 0.717) is 12.2 Å². The van der Waals surface area contributed by atoms with Gasteiger partial charge >= 0.3 is 5.97 Å². The van der Waals surface area contributed by atoms with E-state index in [4.69, 9.17) is 10.5 Å². The molecule has 1 unspecified atom stereocenters. The van der Waals surface area contributed by atoms with E-state index in [1.165, 1.54) is 19.2 Å². The zero-order valence-corrected chi connectivity index (χ0v) is 11.2.